The van der Waals surface area contributed by atoms with Gasteiger partial charge in [0.1, 0.15) is 0 Å². The Labute approximate surface area is 100 Å². The zero-order chi connectivity index (χ0) is 13.1. The van der Waals surface area contributed by atoms with Crippen LogP contribution in [0.4, 0.5) is 0 Å². The fourth-order valence-electron chi connectivity index (χ4n) is 1.70. The van der Waals surface area contributed by atoms with Crippen LogP contribution in [0, 0.1) is 0 Å². The van der Waals surface area contributed by atoms with Crippen molar-refractivity contribution in [3.63, 3.8) is 0 Å². The predicted molar refractivity (Wildman–Crippen MR) is 61.6 cm³/mol. The Balaban J connectivity index is 2.61. The number of carbonyl (C=O) groups is 2. The second-order valence-electron chi connectivity index (χ2n) is 4.11. The van der Waals surface area contributed by atoms with Crippen molar-refractivity contribution < 1.29 is 18.0 Å². The molecular weight excluding hydrogens is 246 g/mol. The van der Waals surface area contributed by atoms with Gasteiger partial charge in [-0.1, -0.05) is 0 Å². The molecule has 1 aliphatic rings. The molecular formula is C9H17N3O4S. The summed E-state index contributed by atoms with van der Waals surface area (Å²) in [6.07, 6.45) is 0.180. The van der Waals surface area contributed by atoms with E-state index in [-0.39, 0.29) is 24.5 Å². The van der Waals surface area contributed by atoms with E-state index in [1.807, 2.05) is 0 Å². The van der Waals surface area contributed by atoms with Crippen molar-refractivity contribution in [3.8, 4) is 0 Å². The average Bonchev–Trinajstić information content (AvgIpc) is 2.37. The van der Waals surface area contributed by atoms with Crippen molar-refractivity contribution in [2.45, 2.75) is 18.9 Å². The summed E-state index contributed by atoms with van der Waals surface area (Å²) >= 11 is 0. The minimum Gasteiger partial charge on any atom is -0.370 e. The van der Waals surface area contributed by atoms with Gasteiger partial charge in [-0.2, -0.15) is 0 Å². The Hall–Kier alpha value is -1.15. The van der Waals surface area contributed by atoms with Gasteiger partial charge in [0.25, 0.3) is 0 Å². The molecule has 0 aliphatic carbocycles. The maximum absolute atomic E-state index is 11.8. The Morgan fingerprint density at radius 1 is 1.24 bits per heavy atom. The highest BCUT2D eigenvalue weighted by molar-refractivity contribution is 7.91. The number of nitrogens with zero attached hydrogens (tertiary/aromatic N) is 1. The molecule has 1 unspecified atom stereocenters. The minimum atomic E-state index is -3.06. The first-order valence-electron chi connectivity index (χ1n) is 5.35. The molecule has 1 aliphatic heterocycles. The predicted octanol–water partition coefficient (Wildman–Crippen LogP) is -2.16. The van der Waals surface area contributed by atoms with E-state index < -0.39 is 27.7 Å². The van der Waals surface area contributed by atoms with Crippen LogP contribution < -0.4 is 11.5 Å². The summed E-state index contributed by atoms with van der Waals surface area (Å²) in [5.41, 5.74) is 10.5. The van der Waals surface area contributed by atoms with Crippen LogP contribution in [0.1, 0.15) is 12.8 Å². The number of primary amides is 1. The number of hydrogen-bond acceptors (Lipinski definition) is 5. The van der Waals surface area contributed by atoms with Gasteiger partial charge in [-0.05, 0) is 6.42 Å². The molecule has 1 fully saturated rings. The van der Waals surface area contributed by atoms with E-state index in [4.69, 9.17) is 11.5 Å². The van der Waals surface area contributed by atoms with Gasteiger partial charge >= 0.3 is 0 Å². The zero-order valence-electron chi connectivity index (χ0n) is 9.46. The molecule has 0 radical (unpaired) electrons. The van der Waals surface area contributed by atoms with Crippen LogP contribution in [0.15, 0.2) is 0 Å². The van der Waals surface area contributed by atoms with Crippen LogP contribution in [-0.2, 0) is 19.4 Å². The lowest BCUT2D eigenvalue weighted by molar-refractivity contribution is -0.134. The monoisotopic (exact) mass is 263 g/mol. The summed E-state index contributed by atoms with van der Waals surface area (Å²) in [4.78, 5) is 23.8. The normalized spacial score (nSPS) is 21.6. The molecule has 17 heavy (non-hydrogen) atoms. The van der Waals surface area contributed by atoms with Crippen LogP contribution in [0.3, 0.4) is 0 Å². The Kier molecular flexibility index (Phi) is 4.47. The van der Waals surface area contributed by atoms with E-state index in [1.54, 1.807) is 0 Å². The number of hydrogen-bond donors (Lipinski definition) is 2. The summed E-state index contributed by atoms with van der Waals surface area (Å²) in [5, 5.41) is 0. The van der Waals surface area contributed by atoms with Crippen LogP contribution in [-0.4, -0.2) is 55.8 Å². The first kappa shape index (κ1) is 13.9. The summed E-state index contributed by atoms with van der Waals surface area (Å²) in [5.74, 6) is -1.03. The third-order valence-corrected chi connectivity index (χ3v) is 4.32. The molecule has 0 spiro atoms. The smallest absolute Gasteiger partial charge is 0.240 e. The van der Waals surface area contributed by atoms with Crippen LogP contribution in [0.25, 0.3) is 0 Å². The van der Waals surface area contributed by atoms with Crippen molar-refractivity contribution in [2.24, 2.45) is 11.5 Å². The fourth-order valence-corrected chi connectivity index (χ4v) is 2.97. The maximum atomic E-state index is 11.8. The summed E-state index contributed by atoms with van der Waals surface area (Å²) in [6.45, 7) is 0.484. The van der Waals surface area contributed by atoms with E-state index in [2.05, 4.69) is 0 Å². The molecule has 7 nitrogen and oxygen atoms in total. The van der Waals surface area contributed by atoms with E-state index in [0.717, 1.165) is 0 Å². The quantitative estimate of drug-likeness (QED) is 0.600. The second-order valence-corrected chi connectivity index (χ2v) is 6.41. The maximum Gasteiger partial charge on any atom is 0.240 e. The van der Waals surface area contributed by atoms with Crippen molar-refractivity contribution >= 4 is 21.7 Å². The highest BCUT2D eigenvalue weighted by Gasteiger charge is 2.26. The highest BCUT2D eigenvalue weighted by Crippen LogP contribution is 2.07. The average molecular weight is 263 g/mol. The third-order valence-electron chi connectivity index (χ3n) is 2.61. The molecule has 1 atom stereocenters. The lowest BCUT2D eigenvalue weighted by Crippen LogP contribution is -2.46. The van der Waals surface area contributed by atoms with E-state index >= 15 is 0 Å². The molecule has 2 amide bonds. The zero-order valence-corrected chi connectivity index (χ0v) is 10.3. The van der Waals surface area contributed by atoms with Crippen molar-refractivity contribution in [1.29, 1.82) is 0 Å². The van der Waals surface area contributed by atoms with Gasteiger partial charge in [0.15, 0.2) is 9.84 Å². The molecule has 1 heterocycles. The summed E-state index contributed by atoms with van der Waals surface area (Å²) in [6, 6.07) is -0.978. The van der Waals surface area contributed by atoms with Crippen LogP contribution >= 0.6 is 0 Å². The number of nitrogens with two attached hydrogens (primary N) is 2. The van der Waals surface area contributed by atoms with Gasteiger partial charge in [-0.3, -0.25) is 9.59 Å². The number of rotatable bonds is 3. The second kappa shape index (κ2) is 5.46. The molecule has 1 rings (SSSR count). The highest BCUT2D eigenvalue weighted by atomic mass is 32.2. The van der Waals surface area contributed by atoms with E-state index in [1.165, 1.54) is 4.90 Å². The minimum absolute atomic E-state index is 0.0535. The lowest BCUT2D eigenvalue weighted by atomic mass is 10.2. The SMILES string of the molecule is NC(=O)CC(N)C(=O)N1CCCS(=O)(=O)CC1. The first-order valence-corrected chi connectivity index (χ1v) is 7.17. The molecule has 0 saturated carbocycles. The first-order chi connectivity index (χ1) is 7.82. The summed E-state index contributed by atoms with van der Waals surface area (Å²) < 4.78 is 22.7. The molecule has 1 saturated heterocycles. The largest absolute Gasteiger partial charge is 0.370 e. The standard InChI is InChI=1S/C9H17N3O4S/c10-7(6-8(11)13)9(14)12-2-1-4-17(15,16)5-3-12/h7H,1-6,10H2,(H2,11,13). The van der Waals surface area contributed by atoms with Crippen molar-refractivity contribution in [2.75, 3.05) is 24.6 Å². The van der Waals surface area contributed by atoms with Gasteiger partial charge < -0.3 is 16.4 Å². The number of carbonyl (C=O) groups excluding carboxylic acids is 2. The van der Waals surface area contributed by atoms with Crippen molar-refractivity contribution in [1.82, 2.24) is 4.90 Å². The van der Waals surface area contributed by atoms with Crippen LogP contribution in [0.5, 0.6) is 0 Å². The molecule has 4 N–H and O–H groups in total. The van der Waals surface area contributed by atoms with Crippen LogP contribution in [0.2, 0.25) is 0 Å². The number of sulfone groups is 1. The fraction of sp³-hybridized carbons (Fsp3) is 0.778. The Morgan fingerprint density at radius 3 is 2.47 bits per heavy atom. The Bertz CT molecular complexity index is 406. The van der Waals surface area contributed by atoms with Gasteiger partial charge in [0, 0.05) is 13.1 Å². The van der Waals surface area contributed by atoms with E-state index in [9.17, 15) is 18.0 Å². The molecule has 98 valence electrons. The van der Waals surface area contributed by atoms with Gasteiger partial charge in [0.2, 0.25) is 11.8 Å². The molecule has 0 aromatic rings. The molecule has 0 aromatic heterocycles. The molecule has 0 aromatic carbocycles. The van der Waals surface area contributed by atoms with E-state index in [0.29, 0.717) is 13.0 Å². The topological polar surface area (TPSA) is 124 Å². The molecule has 8 heteroatoms. The van der Waals surface area contributed by atoms with Crippen molar-refractivity contribution in [3.05, 3.63) is 0 Å². The van der Waals surface area contributed by atoms with Gasteiger partial charge in [0.05, 0.1) is 24.0 Å². The van der Waals surface area contributed by atoms with Gasteiger partial charge in [-0.25, -0.2) is 8.42 Å². The lowest BCUT2D eigenvalue weighted by Gasteiger charge is -2.22. The summed E-state index contributed by atoms with van der Waals surface area (Å²) in [7, 11) is -3.06. The number of amides is 2. The Morgan fingerprint density at radius 2 is 1.88 bits per heavy atom. The molecule has 0 bridgehead atoms. The van der Waals surface area contributed by atoms with Gasteiger partial charge in [-0.15, -0.1) is 0 Å². The third kappa shape index (κ3) is 4.31.